The molecule has 1 fully saturated rings. The maximum Gasteiger partial charge on any atom is 0.326 e. The first-order valence-electron chi connectivity index (χ1n) is 17.9. The molecule has 0 saturated carbocycles. The number of piperidine rings is 1. The van der Waals surface area contributed by atoms with Gasteiger partial charge in [0.25, 0.3) is 17.7 Å². The van der Waals surface area contributed by atoms with Crippen LogP contribution in [0.2, 0.25) is 0 Å². The summed E-state index contributed by atoms with van der Waals surface area (Å²) in [7, 11) is 1.81. The van der Waals surface area contributed by atoms with Gasteiger partial charge in [0.2, 0.25) is 23.7 Å². The molecule has 2 aromatic carbocycles. The predicted octanol–water partition coefficient (Wildman–Crippen LogP) is -0.230. The molecule has 4 aromatic rings. The summed E-state index contributed by atoms with van der Waals surface area (Å²) in [5, 5.41) is 16.9. The van der Waals surface area contributed by atoms with E-state index in [1.165, 1.54) is 6.07 Å². The average Bonchev–Trinajstić information content (AvgIpc) is 3.45. The number of nitrogens with two attached hydrogens (primary N) is 2. The third kappa shape index (κ3) is 9.11. The van der Waals surface area contributed by atoms with Gasteiger partial charge in [-0.1, -0.05) is 17.9 Å². The molecule has 6 amide bonds. The van der Waals surface area contributed by atoms with Crippen LogP contribution in [0.25, 0.3) is 11.2 Å². The fraction of sp³-hybridized carbons (Fsp3) is 0.289. The molecule has 4 heterocycles. The quantitative estimate of drug-likeness (QED) is 0.0546. The number of carbonyl (C=O) groups excluding carboxylic acids is 6. The number of nitrogen functional groups attached to an aromatic ring is 2. The third-order valence-electron chi connectivity index (χ3n) is 9.17. The van der Waals surface area contributed by atoms with Crippen LogP contribution in [0.15, 0.2) is 48.7 Å². The second-order valence-corrected chi connectivity index (χ2v) is 13.2. The van der Waals surface area contributed by atoms with E-state index < -0.39 is 53.5 Å². The maximum absolute atomic E-state index is 13.2. The zero-order valence-electron chi connectivity index (χ0n) is 31.0. The first-order chi connectivity index (χ1) is 27.8. The number of nitrogens with zero attached hydrogens (tertiary/aromatic N) is 6. The molecular formula is C38H37N11O9. The molecule has 2 unspecified atom stereocenters. The Labute approximate surface area is 329 Å². The number of anilines is 3. The van der Waals surface area contributed by atoms with Crippen molar-refractivity contribution in [3.05, 3.63) is 76.6 Å². The normalized spacial score (nSPS) is 15.3. The van der Waals surface area contributed by atoms with E-state index in [-0.39, 0.29) is 85.1 Å². The standard InChI is InChI=1S/C38H37N11O9/c1-48(19-22-18-42-32-30(43-22)31(39)46-38(40)47-32)23-9-7-21(8-10-23)33(52)44-25(37(56)57)11-13-27(50)41-15-17-58-16-3-5-20-4-2-6-24-29(20)36(55)49(35(24)54)26-12-14-28(51)45-34(26)53/h2,4,6-10,18,25-26H,11-17,19H2,1H3,(H,41,50)(H,44,52)(H,56,57)(H,45,51,53)(H4,39,40,42,46,47). The number of fused-ring (bicyclic) bond motifs is 2. The van der Waals surface area contributed by atoms with Crippen LogP contribution in [0.4, 0.5) is 17.5 Å². The molecule has 6 rings (SSSR count). The topological polar surface area (TPSA) is 295 Å². The summed E-state index contributed by atoms with van der Waals surface area (Å²) in [5.74, 6) is 0.791. The molecule has 2 aliphatic rings. The molecule has 58 heavy (non-hydrogen) atoms. The molecule has 2 aliphatic heterocycles. The Morgan fingerprint density at radius 2 is 1.84 bits per heavy atom. The lowest BCUT2D eigenvalue weighted by Gasteiger charge is -2.27. The van der Waals surface area contributed by atoms with Gasteiger partial charge in [-0.25, -0.2) is 14.8 Å². The number of hydrogen-bond donors (Lipinski definition) is 6. The summed E-state index contributed by atoms with van der Waals surface area (Å²) in [6.07, 6.45) is 1.22. The summed E-state index contributed by atoms with van der Waals surface area (Å²) >= 11 is 0. The van der Waals surface area contributed by atoms with Crippen LogP contribution in [-0.4, -0.2) is 110 Å². The molecule has 20 nitrogen and oxygen atoms in total. The van der Waals surface area contributed by atoms with E-state index in [1.54, 1.807) is 42.6 Å². The van der Waals surface area contributed by atoms with Crippen molar-refractivity contribution in [2.24, 2.45) is 0 Å². The Hall–Kier alpha value is -7.53. The molecule has 2 atom stereocenters. The zero-order valence-corrected chi connectivity index (χ0v) is 31.0. The van der Waals surface area contributed by atoms with E-state index in [1.807, 2.05) is 11.9 Å². The summed E-state index contributed by atoms with van der Waals surface area (Å²) in [4.78, 5) is 107. The lowest BCUT2D eigenvalue weighted by Crippen LogP contribution is -2.54. The summed E-state index contributed by atoms with van der Waals surface area (Å²) in [5.41, 5.74) is 14.1. The Bertz CT molecular complexity index is 2390. The summed E-state index contributed by atoms with van der Waals surface area (Å²) in [6, 6.07) is 8.63. The number of carboxylic acid groups (broad SMARTS) is 1. The van der Waals surface area contributed by atoms with Gasteiger partial charge in [0.05, 0.1) is 36.2 Å². The molecule has 1 saturated heterocycles. The summed E-state index contributed by atoms with van der Waals surface area (Å²) < 4.78 is 5.45. The van der Waals surface area contributed by atoms with Crippen LogP contribution in [0.3, 0.4) is 0 Å². The largest absolute Gasteiger partial charge is 0.480 e. The number of benzene rings is 2. The molecule has 298 valence electrons. The number of ether oxygens (including phenoxy) is 1. The van der Waals surface area contributed by atoms with Crippen molar-refractivity contribution in [1.29, 1.82) is 0 Å². The number of rotatable bonds is 14. The van der Waals surface area contributed by atoms with Crippen molar-refractivity contribution in [2.45, 2.75) is 44.3 Å². The number of aliphatic carboxylic acids is 1. The number of carbonyl (C=O) groups is 7. The maximum atomic E-state index is 13.2. The van der Waals surface area contributed by atoms with Gasteiger partial charge in [-0.3, -0.25) is 39.0 Å². The molecular weight excluding hydrogens is 754 g/mol. The predicted molar refractivity (Wildman–Crippen MR) is 204 cm³/mol. The van der Waals surface area contributed by atoms with Gasteiger partial charge in [0.15, 0.2) is 17.0 Å². The number of nitrogens with one attached hydrogen (secondary N) is 3. The van der Waals surface area contributed by atoms with Gasteiger partial charge in [-0.2, -0.15) is 9.97 Å². The second-order valence-electron chi connectivity index (χ2n) is 13.2. The van der Waals surface area contributed by atoms with Crippen LogP contribution in [0.5, 0.6) is 0 Å². The monoisotopic (exact) mass is 791 g/mol. The molecule has 8 N–H and O–H groups in total. The van der Waals surface area contributed by atoms with Gasteiger partial charge in [-0.15, -0.1) is 0 Å². The van der Waals surface area contributed by atoms with E-state index in [2.05, 4.69) is 47.7 Å². The van der Waals surface area contributed by atoms with Gasteiger partial charge >= 0.3 is 5.97 Å². The van der Waals surface area contributed by atoms with E-state index in [0.717, 1.165) is 10.6 Å². The smallest absolute Gasteiger partial charge is 0.326 e. The van der Waals surface area contributed by atoms with Crippen LogP contribution in [0.1, 0.15) is 68.0 Å². The van der Waals surface area contributed by atoms with Crippen molar-refractivity contribution in [2.75, 3.05) is 43.2 Å². The molecule has 0 bridgehead atoms. The number of amides is 6. The highest BCUT2D eigenvalue weighted by molar-refractivity contribution is 6.24. The van der Waals surface area contributed by atoms with Gasteiger partial charge in [0.1, 0.15) is 18.7 Å². The first-order valence-corrected chi connectivity index (χ1v) is 17.9. The molecule has 0 aliphatic carbocycles. The zero-order chi connectivity index (χ0) is 41.5. The molecule has 20 heteroatoms. The second kappa shape index (κ2) is 17.5. The minimum Gasteiger partial charge on any atom is -0.480 e. The fourth-order valence-corrected chi connectivity index (χ4v) is 6.26. The number of imide groups is 2. The molecule has 0 radical (unpaired) electrons. The van der Waals surface area contributed by atoms with Crippen molar-refractivity contribution in [3.8, 4) is 11.8 Å². The van der Waals surface area contributed by atoms with Crippen LogP contribution in [-0.2, 0) is 30.5 Å². The van der Waals surface area contributed by atoms with E-state index >= 15 is 0 Å². The lowest BCUT2D eigenvalue weighted by molar-refractivity contribution is -0.140. The highest BCUT2D eigenvalue weighted by atomic mass is 16.5. The Morgan fingerprint density at radius 3 is 2.59 bits per heavy atom. The first kappa shape index (κ1) is 40.1. The van der Waals surface area contributed by atoms with E-state index in [0.29, 0.717) is 17.8 Å². The van der Waals surface area contributed by atoms with Crippen LogP contribution < -0.4 is 32.3 Å². The number of hydrogen-bond acceptors (Lipinski definition) is 15. The van der Waals surface area contributed by atoms with E-state index in [4.69, 9.17) is 16.2 Å². The van der Waals surface area contributed by atoms with Crippen LogP contribution in [0, 0.1) is 11.8 Å². The van der Waals surface area contributed by atoms with Crippen molar-refractivity contribution < 1.29 is 43.4 Å². The highest BCUT2D eigenvalue weighted by Gasteiger charge is 2.45. The molecule has 0 spiro atoms. The summed E-state index contributed by atoms with van der Waals surface area (Å²) in [6.45, 7) is 0.405. The Kier molecular flexibility index (Phi) is 12.1. The minimum absolute atomic E-state index is 0.00368. The highest BCUT2D eigenvalue weighted by Crippen LogP contribution is 2.29. The molecule has 2 aromatic heterocycles. The Morgan fingerprint density at radius 1 is 1.07 bits per heavy atom. The van der Waals surface area contributed by atoms with Crippen LogP contribution >= 0.6 is 0 Å². The van der Waals surface area contributed by atoms with Gasteiger partial charge in [0, 0.05) is 43.2 Å². The lowest BCUT2D eigenvalue weighted by atomic mass is 10.0. The van der Waals surface area contributed by atoms with Crippen molar-refractivity contribution >= 4 is 70.0 Å². The third-order valence-corrected chi connectivity index (χ3v) is 9.17. The van der Waals surface area contributed by atoms with Crippen molar-refractivity contribution in [1.82, 2.24) is 40.8 Å². The number of aromatic nitrogens is 4. The number of carboxylic acids is 1. The van der Waals surface area contributed by atoms with E-state index in [9.17, 15) is 38.7 Å². The van der Waals surface area contributed by atoms with Crippen molar-refractivity contribution in [3.63, 3.8) is 0 Å². The fourth-order valence-electron chi connectivity index (χ4n) is 6.26. The Balaban J connectivity index is 0.918. The van der Waals surface area contributed by atoms with Gasteiger partial charge in [-0.05, 0) is 49.2 Å². The minimum atomic E-state index is -1.33. The average molecular weight is 792 g/mol. The SMILES string of the molecule is CN(Cc1cnc2nc(N)nc(N)c2n1)c1ccc(C(=O)NC(CCC(=O)NCCOCC#Cc2cccc3c2C(=O)N(C2CCC(=O)NC2=O)C3=O)C(=O)O)cc1. The van der Waals surface area contributed by atoms with Gasteiger partial charge < -0.3 is 36.8 Å².